The summed E-state index contributed by atoms with van der Waals surface area (Å²) in [5, 5.41) is 13.9. The van der Waals surface area contributed by atoms with Crippen molar-refractivity contribution in [1.29, 1.82) is 0 Å². The van der Waals surface area contributed by atoms with Crippen LogP contribution in [-0.2, 0) is 18.4 Å². The predicted octanol–water partition coefficient (Wildman–Crippen LogP) is 21.6. The molecule has 3 unspecified atom stereocenters. The van der Waals surface area contributed by atoms with Crippen LogP contribution < -0.4 is 10.2 Å². The van der Waals surface area contributed by atoms with Crippen molar-refractivity contribution in [3.63, 3.8) is 0 Å². The van der Waals surface area contributed by atoms with E-state index in [1.54, 1.807) is 6.08 Å². The Labute approximate surface area is 499 Å². The molecule has 0 spiro atoms. The quantitative estimate of drug-likeness (QED) is 0.0272. The molecule has 0 saturated carbocycles. The Morgan fingerprint density at radius 2 is 0.700 bits per heavy atom. The van der Waals surface area contributed by atoms with Crippen molar-refractivity contribution in [3.05, 3.63) is 48.6 Å². The van der Waals surface area contributed by atoms with Gasteiger partial charge >= 0.3 is 0 Å². The van der Waals surface area contributed by atoms with Crippen LogP contribution in [0.25, 0.3) is 0 Å². The molecule has 0 bridgehead atoms. The van der Waals surface area contributed by atoms with Gasteiger partial charge in [-0.2, -0.15) is 0 Å². The minimum Gasteiger partial charge on any atom is -0.756 e. The van der Waals surface area contributed by atoms with Gasteiger partial charge in [0, 0.05) is 6.42 Å². The van der Waals surface area contributed by atoms with Crippen molar-refractivity contribution in [3.8, 4) is 0 Å². The number of carbonyl (C=O) groups excluding carboxylic acids is 1. The highest BCUT2D eigenvalue weighted by Crippen LogP contribution is 2.38. The molecule has 80 heavy (non-hydrogen) atoms. The highest BCUT2D eigenvalue weighted by atomic mass is 31.2. The summed E-state index contributed by atoms with van der Waals surface area (Å²) in [6, 6.07) is -0.910. The second-order valence-electron chi connectivity index (χ2n) is 25.2. The minimum atomic E-state index is -4.61. The first kappa shape index (κ1) is 78.5. The monoisotopic (exact) mass is 1150 g/mol. The van der Waals surface area contributed by atoms with Gasteiger partial charge in [-0.1, -0.05) is 319 Å². The number of phosphoric acid groups is 1. The van der Waals surface area contributed by atoms with E-state index in [4.69, 9.17) is 9.05 Å². The zero-order valence-corrected chi connectivity index (χ0v) is 54.9. The number of phosphoric ester groups is 1. The Bertz CT molecular complexity index is 1440. The molecule has 0 heterocycles. The maximum atomic E-state index is 13.0. The number of hydrogen-bond acceptors (Lipinski definition) is 6. The third-order valence-electron chi connectivity index (χ3n) is 16.0. The van der Waals surface area contributed by atoms with Gasteiger partial charge in [0.2, 0.25) is 5.91 Å². The third kappa shape index (κ3) is 64.0. The van der Waals surface area contributed by atoms with Crippen molar-refractivity contribution >= 4 is 13.7 Å². The van der Waals surface area contributed by atoms with Crippen LogP contribution in [0, 0.1) is 0 Å². The smallest absolute Gasteiger partial charge is 0.268 e. The molecule has 0 aromatic carbocycles. The van der Waals surface area contributed by atoms with Gasteiger partial charge in [-0.15, -0.1) is 0 Å². The zero-order valence-electron chi connectivity index (χ0n) is 54.0. The molecule has 0 aromatic heterocycles. The first-order valence-electron chi connectivity index (χ1n) is 35.0. The summed E-state index contributed by atoms with van der Waals surface area (Å²) in [4.78, 5) is 25.6. The Balaban J connectivity index is 3.95. The van der Waals surface area contributed by atoms with E-state index in [0.29, 0.717) is 17.4 Å². The van der Waals surface area contributed by atoms with Crippen molar-refractivity contribution in [2.24, 2.45) is 0 Å². The maximum absolute atomic E-state index is 13.0. The number of quaternary nitrogens is 1. The molecule has 8 nitrogen and oxygen atoms in total. The minimum absolute atomic E-state index is 0.00790. The van der Waals surface area contributed by atoms with E-state index in [1.165, 1.54) is 283 Å². The predicted molar refractivity (Wildman–Crippen MR) is 348 cm³/mol. The van der Waals surface area contributed by atoms with E-state index in [1.807, 2.05) is 27.2 Å². The van der Waals surface area contributed by atoms with Crippen molar-refractivity contribution < 1.29 is 32.9 Å². The molecular formula is C71H137N2O6P. The molecule has 472 valence electrons. The van der Waals surface area contributed by atoms with Crippen LogP contribution in [0.2, 0.25) is 0 Å². The second kappa shape index (κ2) is 62.0. The van der Waals surface area contributed by atoms with E-state index in [2.05, 4.69) is 55.6 Å². The standard InChI is InChI=1S/C71H137N2O6P/c1-6-8-10-12-14-16-18-20-22-24-26-27-28-29-30-31-32-33-34-35-36-37-38-39-40-41-42-43-44-45-47-49-51-53-55-57-59-61-63-65-71(75)72-69(68-79-80(76,77)78-67-66-73(3,4)5)70(74)64-62-60-58-56-54-52-50-48-46-25-23-21-19-17-15-13-11-9-7-2/h24,26,46,48,54,56,62,64,69-70,74H,6-23,25,27-45,47,49-53,55,57-61,63,65-68H2,1-5H3,(H-,72,75,76,77)/b26-24-,48-46+,56-54+,64-62+. The Morgan fingerprint density at radius 3 is 1.01 bits per heavy atom. The van der Waals surface area contributed by atoms with Gasteiger partial charge in [0.1, 0.15) is 13.2 Å². The highest BCUT2D eigenvalue weighted by molar-refractivity contribution is 7.45. The fourth-order valence-corrected chi connectivity index (χ4v) is 11.3. The summed E-state index contributed by atoms with van der Waals surface area (Å²) in [6.45, 7) is 4.66. The molecule has 0 aliphatic carbocycles. The van der Waals surface area contributed by atoms with Gasteiger partial charge in [-0.3, -0.25) is 9.36 Å². The van der Waals surface area contributed by atoms with E-state index >= 15 is 0 Å². The number of aliphatic hydroxyl groups is 1. The first-order chi connectivity index (χ1) is 39.0. The topological polar surface area (TPSA) is 108 Å². The lowest BCUT2D eigenvalue weighted by Gasteiger charge is -2.29. The third-order valence-corrected chi connectivity index (χ3v) is 17.0. The summed E-state index contributed by atoms with van der Waals surface area (Å²) in [5.41, 5.74) is 0. The molecule has 1 amide bonds. The summed E-state index contributed by atoms with van der Waals surface area (Å²) >= 11 is 0. The molecule has 0 radical (unpaired) electrons. The molecule has 9 heteroatoms. The van der Waals surface area contributed by atoms with Crippen molar-refractivity contribution in [2.75, 3.05) is 40.9 Å². The van der Waals surface area contributed by atoms with Crippen LogP contribution in [-0.4, -0.2) is 68.5 Å². The fourth-order valence-electron chi connectivity index (χ4n) is 10.5. The molecule has 0 rings (SSSR count). The van der Waals surface area contributed by atoms with Crippen LogP contribution in [0.5, 0.6) is 0 Å². The Morgan fingerprint density at radius 1 is 0.425 bits per heavy atom. The van der Waals surface area contributed by atoms with Crippen molar-refractivity contribution in [1.82, 2.24) is 5.32 Å². The number of nitrogens with one attached hydrogen (secondary N) is 1. The number of unbranched alkanes of at least 4 members (excludes halogenated alkanes) is 46. The number of carbonyl (C=O) groups is 1. The largest absolute Gasteiger partial charge is 0.756 e. The SMILES string of the molecule is CCCCCCCCCC/C=C\CCCCCCCCCCCCCCCCCCCCCCCCCCCCCC(=O)NC(COP(=O)([O-])OCC[N+](C)(C)C)C(O)/C=C/CC/C=C/CC/C=C/CCCCCCCCCCC. The van der Waals surface area contributed by atoms with Gasteiger partial charge in [-0.05, 0) is 70.6 Å². The first-order valence-corrected chi connectivity index (χ1v) is 36.5. The lowest BCUT2D eigenvalue weighted by Crippen LogP contribution is -2.45. The number of hydrogen-bond donors (Lipinski definition) is 2. The molecule has 3 atom stereocenters. The lowest BCUT2D eigenvalue weighted by molar-refractivity contribution is -0.870. The highest BCUT2D eigenvalue weighted by Gasteiger charge is 2.23. The Kier molecular flexibility index (Phi) is 60.8. The number of nitrogens with zero attached hydrogens (tertiary/aromatic N) is 1. The summed E-state index contributed by atoms with van der Waals surface area (Å²) in [7, 11) is 1.25. The van der Waals surface area contributed by atoms with Gasteiger partial charge in [0.05, 0.1) is 39.9 Å². The van der Waals surface area contributed by atoms with Crippen LogP contribution in [0.1, 0.15) is 348 Å². The fraction of sp³-hybridized carbons (Fsp3) is 0.873. The van der Waals surface area contributed by atoms with E-state index in [0.717, 1.165) is 44.9 Å². The van der Waals surface area contributed by atoms with Gasteiger partial charge in [-0.25, -0.2) is 0 Å². The average Bonchev–Trinajstić information content (AvgIpc) is 3.42. The van der Waals surface area contributed by atoms with Gasteiger partial charge in [0.25, 0.3) is 7.82 Å². The average molecular weight is 1150 g/mol. The van der Waals surface area contributed by atoms with Crippen LogP contribution >= 0.6 is 7.82 Å². The number of aliphatic hydroxyl groups excluding tert-OH is 1. The number of likely N-dealkylation sites (N-methyl/N-ethyl adjacent to an activating group) is 1. The number of amides is 1. The Hall–Kier alpha value is -1.54. The molecule has 0 aliphatic heterocycles. The number of rotatable bonds is 65. The molecule has 2 N–H and O–H groups in total. The van der Waals surface area contributed by atoms with Crippen molar-refractivity contribution in [2.45, 2.75) is 360 Å². The summed E-state index contributed by atoms with van der Waals surface area (Å²) in [6.07, 6.45) is 84.0. The van der Waals surface area contributed by atoms with Gasteiger partial charge < -0.3 is 28.8 Å². The van der Waals surface area contributed by atoms with E-state index in [9.17, 15) is 19.4 Å². The van der Waals surface area contributed by atoms with Crippen LogP contribution in [0.3, 0.4) is 0 Å². The summed E-state index contributed by atoms with van der Waals surface area (Å²) in [5.74, 6) is -0.205. The summed E-state index contributed by atoms with van der Waals surface area (Å²) < 4.78 is 23.4. The maximum Gasteiger partial charge on any atom is 0.268 e. The lowest BCUT2D eigenvalue weighted by atomic mass is 10.0. The zero-order chi connectivity index (χ0) is 58.4. The van der Waals surface area contributed by atoms with Crippen LogP contribution in [0.15, 0.2) is 48.6 Å². The van der Waals surface area contributed by atoms with Gasteiger partial charge in [0.15, 0.2) is 0 Å². The molecule has 0 aromatic rings. The second-order valence-corrected chi connectivity index (χ2v) is 26.6. The van der Waals surface area contributed by atoms with E-state index in [-0.39, 0.29) is 12.5 Å². The molecule has 0 aliphatic rings. The number of allylic oxidation sites excluding steroid dienone is 7. The molecule has 0 fully saturated rings. The molecule has 0 saturated heterocycles. The normalized spacial score (nSPS) is 13.9. The van der Waals surface area contributed by atoms with Crippen LogP contribution in [0.4, 0.5) is 0 Å². The molecular weight excluding hydrogens is 1010 g/mol. The van der Waals surface area contributed by atoms with E-state index < -0.39 is 26.6 Å².